The summed E-state index contributed by atoms with van der Waals surface area (Å²) in [6.45, 7) is 4.16. The van der Waals surface area contributed by atoms with Gasteiger partial charge in [-0.1, -0.05) is 38.1 Å². The van der Waals surface area contributed by atoms with Crippen molar-refractivity contribution >= 4 is 23.5 Å². The third-order valence-corrected chi connectivity index (χ3v) is 3.22. The van der Waals surface area contributed by atoms with E-state index in [0.29, 0.717) is 5.92 Å². The first-order valence-corrected chi connectivity index (χ1v) is 7.12. The van der Waals surface area contributed by atoms with E-state index in [9.17, 15) is 14.7 Å². The van der Waals surface area contributed by atoms with Gasteiger partial charge in [-0.15, -0.1) is 11.6 Å². The number of hydrogen-bond acceptors (Lipinski definition) is 3. The van der Waals surface area contributed by atoms with Gasteiger partial charge in [0.15, 0.2) is 0 Å². The molecule has 0 bridgehead atoms. The predicted molar refractivity (Wildman–Crippen MR) is 76.4 cm³/mol. The summed E-state index contributed by atoms with van der Waals surface area (Å²) in [5.74, 6) is -0.862. The highest BCUT2D eigenvalue weighted by Crippen LogP contribution is 2.21. The Morgan fingerprint density at radius 2 is 1.75 bits per heavy atom. The van der Waals surface area contributed by atoms with Crippen molar-refractivity contribution < 1.29 is 14.7 Å². The quantitative estimate of drug-likeness (QED) is 0.779. The van der Waals surface area contributed by atoms with Crippen LogP contribution < -0.4 is 10.4 Å². The summed E-state index contributed by atoms with van der Waals surface area (Å²) in [5, 5.41) is 13.5. The zero-order chi connectivity index (χ0) is 15.1. The lowest BCUT2D eigenvalue weighted by molar-refractivity contribution is -0.306. The van der Waals surface area contributed by atoms with E-state index in [1.165, 1.54) is 0 Å². The molecule has 0 saturated heterocycles. The Bertz CT molecular complexity index is 457. The number of carboxylic acid groups (broad SMARTS) is 1. The molecular weight excluding hydrogens is 278 g/mol. The van der Waals surface area contributed by atoms with Crippen molar-refractivity contribution in [2.45, 2.75) is 38.6 Å². The third-order valence-electron chi connectivity index (χ3n) is 3.03. The smallest absolute Gasteiger partial charge is 0.221 e. The average molecular weight is 297 g/mol. The Kier molecular flexibility index (Phi) is 6.52. The first-order valence-electron chi connectivity index (χ1n) is 6.59. The van der Waals surface area contributed by atoms with Gasteiger partial charge in [0.25, 0.3) is 0 Å². The standard InChI is InChI=1S/C15H20ClNO3/c1-10(2)11-3-5-12(6-4-11)13(9-15(19)20)17-14(18)7-8-16/h3-6,10,13H,7-9H2,1-2H3,(H,17,18)(H,19,20)/p-1/t13-/m0/s1. The number of alkyl halides is 1. The molecule has 0 unspecified atom stereocenters. The van der Waals surface area contributed by atoms with Gasteiger partial charge in [-0.25, -0.2) is 0 Å². The normalized spacial score (nSPS) is 12.2. The fourth-order valence-electron chi connectivity index (χ4n) is 1.88. The van der Waals surface area contributed by atoms with Crippen LogP contribution in [0.3, 0.4) is 0 Å². The molecule has 1 aromatic rings. The van der Waals surface area contributed by atoms with Crippen molar-refractivity contribution in [3.05, 3.63) is 35.4 Å². The Morgan fingerprint density at radius 1 is 1.20 bits per heavy atom. The Labute approximate surface area is 124 Å². The summed E-state index contributed by atoms with van der Waals surface area (Å²) in [6, 6.07) is 6.97. The van der Waals surface area contributed by atoms with Gasteiger partial charge in [0, 0.05) is 24.7 Å². The second-order valence-corrected chi connectivity index (χ2v) is 5.33. The summed E-state index contributed by atoms with van der Waals surface area (Å²) < 4.78 is 0. The zero-order valence-electron chi connectivity index (χ0n) is 11.7. The maximum Gasteiger partial charge on any atom is 0.221 e. The molecule has 4 nitrogen and oxygen atoms in total. The molecule has 0 fully saturated rings. The molecule has 0 radical (unpaired) electrons. The van der Waals surface area contributed by atoms with E-state index in [0.717, 1.165) is 11.1 Å². The molecule has 0 heterocycles. The maximum atomic E-state index is 11.6. The molecule has 1 aromatic carbocycles. The minimum atomic E-state index is -1.20. The Hall–Kier alpha value is -1.55. The van der Waals surface area contributed by atoms with Crippen LogP contribution in [-0.2, 0) is 9.59 Å². The van der Waals surface area contributed by atoms with Crippen molar-refractivity contribution in [3.8, 4) is 0 Å². The highest BCUT2D eigenvalue weighted by molar-refractivity contribution is 6.18. The fourth-order valence-corrected chi connectivity index (χ4v) is 2.06. The number of carbonyl (C=O) groups excluding carboxylic acids is 2. The van der Waals surface area contributed by atoms with Crippen LogP contribution in [0.5, 0.6) is 0 Å². The second-order valence-electron chi connectivity index (χ2n) is 4.96. The lowest BCUT2D eigenvalue weighted by Gasteiger charge is -2.20. The van der Waals surface area contributed by atoms with Crippen molar-refractivity contribution in [2.75, 3.05) is 5.88 Å². The first-order chi connectivity index (χ1) is 9.43. The minimum Gasteiger partial charge on any atom is -0.550 e. The van der Waals surface area contributed by atoms with Gasteiger partial charge in [0.05, 0.1) is 6.04 Å². The number of hydrogen-bond donors (Lipinski definition) is 1. The lowest BCUT2D eigenvalue weighted by Crippen LogP contribution is -2.34. The maximum absolute atomic E-state index is 11.6. The molecule has 0 saturated carbocycles. The van der Waals surface area contributed by atoms with E-state index >= 15 is 0 Å². The van der Waals surface area contributed by atoms with Gasteiger partial charge < -0.3 is 15.2 Å². The number of nitrogens with one attached hydrogen (secondary N) is 1. The molecule has 20 heavy (non-hydrogen) atoms. The molecule has 5 heteroatoms. The molecule has 1 atom stereocenters. The molecular formula is C15H19ClNO3-. The minimum absolute atomic E-state index is 0.162. The van der Waals surface area contributed by atoms with Crippen molar-refractivity contribution in [1.82, 2.24) is 5.32 Å². The average Bonchev–Trinajstić information content (AvgIpc) is 2.38. The van der Waals surface area contributed by atoms with E-state index < -0.39 is 12.0 Å². The van der Waals surface area contributed by atoms with Crippen molar-refractivity contribution in [2.24, 2.45) is 0 Å². The van der Waals surface area contributed by atoms with E-state index in [2.05, 4.69) is 19.2 Å². The van der Waals surface area contributed by atoms with Gasteiger partial charge in [-0.05, 0) is 17.0 Å². The molecule has 0 aliphatic heterocycles. The summed E-state index contributed by atoms with van der Waals surface area (Å²) in [5.41, 5.74) is 1.91. The molecule has 110 valence electrons. The number of halogens is 1. The molecule has 1 rings (SSSR count). The summed E-state index contributed by atoms with van der Waals surface area (Å²) >= 11 is 5.50. The Balaban J connectivity index is 2.86. The predicted octanol–water partition coefficient (Wildman–Crippen LogP) is 1.74. The molecule has 1 amide bonds. The van der Waals surface area contributed by atoms with Crippen LogP contribution in [0.25, 0.3) is 0 Å². The molecule has 0 spiro atoms. The van der Waals surface area contributed by atoms with E-state index in [1.54, 1.807) is 0 Å². The SMILES string of the molecule is CC(C)c1ccc([C@H](CC(=O)[O-])NC(=O)CCCl)cc1. The van der Waals surface area contributed by atoms with Crippen LogP contribution >= 0.6 is 11.6 Å². The number of benzene rings is 1. The number of aliphatic carboxylic acids is 1. The van der Waals surface area contributed by atoms with Crippen molar-refractivity contribution in [3.63, 3.8) is 0 Å². The summed E-state index contributed by atoms with van der Waals surface area (Å²) in [6.07, 6.45) is -0.0930. The molecule has 0 aromatic heterocycles. The lowest BCUT2D eigenvalue weighted by atomic mass is 9.97. The van der Waals surface area contributed by atoms with Crippen LogP contribution in [0, 0.1) is 0 Å². The number of carbonyl (C=O) groups is 2. The highest BCUT2D eigenvalue weighted by Gasteiger charge is 2.15. The fraction of sp³-hybridized carbons (Fsp3) is 0.467. The van der Waals surface area contributed by atoms with Gasteiger partial charge in [-0.3, -0.25) is 4.79 Å². The van der Waals surface area contributed by atoms with Gasteiger partial charge >= 0.3 is 0 Å². The topological polar surface area (TPSA) is 69.2 Å². The van der Waals surface area contributed by atoms with Crippen LogP contribution in [0.1, 0.15) is 49.8 Å². The number of carboxylic acids is 1. The molecule has 0 aliphatic carbocycles. The third kappa shape index (κ3) is 5.21. The number of amides is 1. The van der Waals surface area contributed by atoms with Gasteiger partial charge in [0.1, 0.15) is 0 Å². The highest BCUT2D eigenvalue weighted by atomic mass is 35.5. The van der Waals surface area contributed by atoms with Crippen LogP contribution in [0.2, 0.25) is 0 Å². The summed E-state index contributed by atoms with van der Waals surface area (Å²) in [4.78, 5) is 22.4. The molecule has 0 aliphatic rings. The zero-order valence-corrected chi connectivity index (χ0v) is 12.4. The Morgan fingerprint density at radius 3 is 2.20 bits per heavy atom. The van der Waals surface area contributed by atoms with Crippen LogP contribution in [0.15, 0.2) is 24.3 Å². The molecule has 1 N–H and O–H groups in total. The first kappa shape index (κ1) is 16.5. The van der Waals surface area contributed by atoms with E-state index in [-0.39, 0.29) is 24.6 Å². The monoisotopic (exact) mass is 296 g/mol. The largest absolute Gasteiger partial charge is 0.550 e. The number of rotatable bonds is 7. The van der Waals surface area contributed by atoms with E-state index in [4.69, 9.17) is 11.6 Å². The van der Waals surface area contributed by atoms with Crippen LogP contribution in [0.4, 0.5) is 0 Å². The van der Waals surface area contributed by atoms with Gasteiger partial charge in [-0.2, -0.15) is 0 Å². The van der Waals surface area contributed by atoms with Crippen molar-refractivity contribution in [1.29, 1.82) is 0 Å². The second kappa shape index (κ2) is 7.90. The van der Waals surface area contributed by atoms with Gasteiger partial charge in [0.2, 0.25) is 5.91 Å². The van der Waals surface area contributed by atoms with Crippen LogP contribution in [-0.4, -0.2) is 17.8 Å². The summed E-state index contributed by atoms with van der Waals surface area (Å²) in [7, 11) is 0. The van der Waals surface area contributed by atoms with E-state index in [1.807, 2.05) is 24.3 Å².